The second-order valence-electron chi connectivity index (χ2n) is 3.56. The van der Waals surface area contributed by atoms with Crippen molar-refractivity contribution >= 4 is 11.7 Å². The van der Waals surface area contributed by atoms with Crippen molar-refractivity contribution in [1.29, 1.82) is 0 Å². The summed E-state index contributed by atoms with van der Waals surface area (Å²) in [6, 6.07) is 4.30. The molecular weight excluding hydrogens is 210 g/mol. The first-order valence-corrected chi connectivity index (χ1v) is 4.90. The van der Waals surface area contributed by atoms with Crippen molar-refractivity contribution in [2.75, 3.05) is 18.5 Å². The smallest absolute Gasteiger partial charge is 0.337 e. The van der Waals surface area contributed by atoms with Crippen LogP contribution in [0.3, 0.4) is 0 Å². The number of benzene rings is 1. The van der Waals surface area contributed by atoms with Gasteiger partial charge in [0.15, 0.2) is 0 Å². The second-order valence-corrected chi connectivity index (χ2v) is 3.56. The number of hydrogen-bond acceptors (Lipinski definition) is 4. The Morgan fingerprint density at radius 2 is 2.00 bits per heavy atom. The Kier molecular flexibility index (Phi) is 4.28. The largest absolute Gasteiger partial charge is 0.478 e. The summed E-state index contributed by atoms with van der Waals surface area (Å²) >= 11 is 0. The van der Waals surface area contributed by atoms with E-state index in [1.165, 1.54) is 6.07 Å². The third-order valence-corrected chi connectivity index (χ3v) is 2.21. The van der Waals surface area contributed by atoms with E-state index in [1.54, 1.807) is 12.1 Å². The zero-order chi connectivity index (χ0) is 12.1. The average molecular weight is 225 g/mol. The average Bonchev–Trinajstić information content (AvgIpc) is 2.25. The molecule has 1 aromatic carbocycles. The molecule has 1 rings (SSSR count). The molecule has 0 amide bonds. The number of aromatic carboxylic acids is 1. The molecular formula is C11H15NO4. The van der Waals surface area contributed by atoms with Gasteiger partial charge < -0.3 is 20.6 Å². The van der Waals surface area contributed by atoms with Gasteiger partial charge in [0.05, 0.1) is 24.8 Å². The fraction of sp³-hybridized carbons (Fsp3) is 0.364. The number of nitrogens with one attached hydrogen (secondary N) is 1. The number of rotatable bonds is 5. The first-order chi connectivity index (χ1) is 7.58. The molecule has 0 aromatic heterocycles. The zero-order valence-electron chi connectivity index (χ0n) is 8.97. The fourth-order valence-electron chi connectivity index (χ4n) is 1.33. The Labute approximate surface area is 93.4 Å². The SMILES string of the molecule is Cc1ccc(C(=O)O)c(NC(CO)CO)c1. The number of aryl methyl sites for hydroxylation is 1. The number of aliphatic hydroxyl groups excluding tert-OH is 2. The number of carbonyl (C=O) groups is 1. The molecule has 0 atom stereocenters. The van der Waals surface area contributed by atoms with Gasteiger partial charge in [-0.1, -0.05) is 6.07 Å². The van der Waals surface area contributed by atoms with Gasteiger partial charge in [0.1, 0.15) is 0 Å². The van der Waals surface area contributed by atoms with E-state index in [0.717, 1.165) is 5.56 Å². The second kappa shape index (κ2) is 5.48. The summed E-state index contributed by atoms with van der Waals surface area (Å²) in [4.78, 5) is 10.9. The van der Waals surface area contributed by atoms with Gasteiger partial charge in [-0.25, -0.2) is 4.79 Å². The molecule has 0 aliphatic rings. The van der Waals surface area contributed by atoms with E-state index in [9.17, 15) is 4.79 Å². The molecule has 5 heteroatoms. The van der Waals surface area contributed by atoms with Crippen LogP contribution >= 0.6 is 0 Å². The quantitative estimate of drug-likeness (QED) is 0.584. The van der Waals surface area contributed by atoms with Gasteiger partial charge in [-0.05, 0) is 24.6 Å². The topological polar surface area (TPSA) is 89.8 Å². The molecule has 1 aromatic rings. The third-order valence-electron chi connectivity index (χ3n) is 2.21. The van der Waals surface area contributed by atoms with Crippen molar-refractivity contribution in [2.45, 2.75) is 13.0 Å². The molecule has 0 saturated heterocycles. The normalized spacial score (nSPS) is 10.5. The number of anilines is 1. The van der Waals surface area contributed by atoms with Gasteiger partial charge in [-0.15, -0.1) is 0 Å². The molecule has 0 unspecified atom stereocenters. The number of carboxylic acids is 1. The maximum atomic E-state index is 10.9. The highest BCUT2D eigenvalue weighted by Gasteiger charge is 2.13. The van der Waals surface area contributed by atoms with Crippen molar-refractivity contribution in [3.8, 4) is 0 Å². The molecule has 0 radical (unpaired) electrons. The lowest BCUT2D eigenvalue weighted by Gasteiger charge is -2.17. The molecule has 0 fully saturated rings. The van der Waals surface area contributed by atoms with Gasteiger partial charge in [-0.2, -0.15) is 0 Å². The van der Waals surface area contributed by atoms with Gasteiger partial charge in [0.2, 0.25) is 0 Å². The lowest BCUT2D eigenvalue weighted by molar-refractivity contribution is 0.0697. The maximum absolute atomic E-state index is 10.9. The van der Waals surface area contributed by atoms with Gasteiger partial charge in [-0.3, -0.25) is 0 Å². The van der Waals surface area contributed by atoms with Crippen LogP contribution in [0.25, 0.3) is 0 Å². The Balaban J connectivity index is 3.00. The monoisotopic (exact) mass is 225 g/mol. The zero-order valence-corrected chi connectivity index (χ0v) is 8.97. The molecule has 0 spiro atoms. The summed E-state index contributed by atoms with van der Waals surface area (Å²) in [6.07, 6.45) is 0. The lowest BCUT2D eigenvalue weighted by atomic mass is 10.1. The molecule has 88 valence electrons. The summed E-state index contributed by atoms with van der Waals surface area (Å²) in [5.41, 5.74) is 1.43. The Hall–Kier alpha value is -1.59. The predicted molar refractivity (Wildman–Crippen MR) is 59.7 cm³/mol. The van der Waals surface area contributed by atoms with Crippen LogP contribution in [0.1, 0.15) is 15.9 Å². The summed E-state index contributed by atoms with van der Waals surface area (Å²) in [7, 11) is 0. The van der Waals surface area contributed by atoms with E-state index in [0.29, 0.717) is 5.69 Å². The molecule has 0 saturated carbocycles. The highest BCUT2D eigenvalue weighted by Crippen LogP contribution is 2.18. The van der Waals surface area contributed by atoms with Gasteiger partial charge in [0.25, 0.3) is 0 Å². The van der Waals surface area contributed by atoms with Crippen LogP contribution < -0.4 is 5.32 Å². The molecule has 0 aliphatic heterocycles. The van der Waals surface area contributed by atoms with E-state index in [1.807, 2.05) is 6.92 Å². The summed E-state index contributed by atoms with van der Waals surface area (Å²) in [5, 5.41) is 29.6. The van der Waals surface area contributed by atoms with Crippen LogP contribution in [-0.2, 0) is 0 Å². The predicted octanol–water partition coefficient (Wildman–Crippen LogP) is 0.458. The van der Waals surface area contributed by atoms with Crippen molar-refractivity contribution < 1.29 is 20.1 Å². The van der Waals surface area contributed by atoms with Crippen LogP contribution in [0.2, 0.25) is 0 Å². The van der Waals surface area contributed by atoms with Crippen LogP contribution in [-0.4, -0.2) is 40.5 Å². The van der Waals surface area contributed by atoms with Crippen molar-refractivity contribution in [3.63, 3.8) is 0 Å². The summed E-state index contributed by atoms with van der Waals surface area (Å²) in [6.45, 7) is 1.32. The first kappa shape index (κ1) is 12.5. The Morgan fingerprint density at radius 3 is 2.50 bits per heavy atom. The molecule has 0 bridgehead atoms. The van der Waals surface area contributed by atoms with E-state index in [2.05, 4.69) is 5.32 Å². The number of aliphatic hydroxyl groups is 2. The Morgan fingerprint density at radius 1 is 1.38 bits per heavy atom. The van der Waals surface area contributed by atoms with Gasteiger partial charge >= 0.3 is 5.97 Å². The fourth-order valence-corrected chi connectivity index (χ4v) is 1.33. The lowest BCUT2D eigenvalue weighted by Crippen LogP contribution is -2.28. The van der Waals surface area contributed by atoms with Crippen LogP contribution in [0, 0.1) is 6.92 Å². The van der Waals surface area contributed by atoms with E-state index < -0.39 is 12.0 Å². The van der Waals surface area contributed by atoms with Crippen molar-refractivity contribution in [3.05, 3.63) is 29.3 Å². The van der Waals surface area contributed by atoms with Crippen LogP contribution in [0.4, 0.5) is 5.69 Å². The number of hydrogen-bond donors (Lipinski definition) is 4. The minimum atomic E-state index is -1.04. The minimum Gasteiger partial charge on any atom is -0.478 e. The minimum absolute atomic E-state index is 0.123. The van der Waals surface area contributed by atoms with Crippen LogP contribution in [0.15, 0.2) is 18.2 Å². The summed E-state index contributed by atoms with van der Waals surface area (Å²) in [5.74, 6) is -1.04. The van der Waals surface area contributed by atoms with Crippen LogP contribution in [0.5, 0.6) is 0 Å². The van der Waals surface area contributed by atoms with Gasteiger partial charge in [0, 0.05) is 5.69 Å². The van der Waals surface area contributed by atoms with E-state index >= 15 is 0 Å². The molecule has 5 nitrogen and oxygen atoms in total. The molecule has 4 N–H and O–H groups in total. The molecule has 0 heterocycles. The van der Waals surface area contributed by atoms with Crippen molar-refractivity contribution in [1.82, 2.24) is 0 Å². The molecule has 16 heavy (non-hydrogen) atoms. The first-order valence-electron chi connectivity index (χ1n) is 4.90. The van der Waals surface area contributed by atoms with E-state index in [4.69, 9.17) is 15.3 Å². The highest BCUT2D eigenvalue weighted by atomic mass is 16.4. The third kappa shape index (κ3) is 2.95. The standard InChI is InChI=1S/C11H15NO4/c1-7-2-3-9(11(15)16)10(4-7)12-8(5-13)6-14/h2-4,8,12-14H,5-6H2,1H3,(H,15,16). The van der Waals surface area contributed by atoms with E-state index in [-0.39, 0.29) is 18.8 Å². The van der Waals surface area contributed by atoms with Crippen molar-refractivity contribution in [2.24, 2.45) is 0 Å². The highest BCUT2D eigenvalue weighted by molar-refractivity contribution is 5.94. The maximum Gasteiger partial charge on any atom is 0.337 e. The molecule has 0 aliphatic carbocycles. The number of carboxylic acid groups (broad SMARTS) is 1. The Bertz CT molecular complexity index is 374. The summed E-state index contributed by atoms with van der Waals surface area (Å²) < 4.78 is 0.